The number of hydrogen-bond donors (Lipinski definition) is 1. The summed E-state index contributed by atoms with van der Waals surface area (Å²) in [5, 5.41) is 2.82. The number of nitrogens with one attached hydrogen (secondary N) is 1. The SMILES string of the molecule is CSCO[C@@H]1[C@@H]2O[Si](C(C)C)(C(C)C)O[Si](C(C)C)(C(C)C)OC[C@H]2O[C@H]1n1cnc2c(NC(=O)OCC3c4ccccc4-c4ccccc43)ncnc21. The van der Waals surface area contributed by atoms with E-state index in [0.29, 0.717) is 23.7 Å². The Morgan fingerprint density at radius 1 is 0.907 bits per heavy atom. The Labute approximate surface area is 324 Å². The minimum atomic E-state index is -2.94. The number of fused-ring (bicyclic) bond motifs is 5. The van der Waals surface area contributed by atoms with Crippen LogP contribution in [0, 0.1) is 0 Å². The smallest absolute Gasteiger partial charge is 0.412 e. The molecule has 7 rings (SSSR count). The molecule has 2 aromatic carbocycles. The summed E-state index contributed by atoms with van der Waals surface area (Å²) in [4.78, 5) is 27.0. The first-order valence-electron chi connectivity index (χ1n) is 19.0. The number of carbonyl (C=O) groups is 1. The van der Waals surface area contributed by atoms with E-state index in [9.17, 15) is 4.79 Å². The van der Waals surface area contributed by atoms with Gasteiger partial charge in [-0.05, 0) is 50.7 Å². The molecular weight excluding hydrogens is 739 g/mol. The fourth-order valence-corrected chi connectivity index (χ4v) is 20.0. The van der Waals surface area contributed by atoms with Crippen LogP contribution in [0.15, 0.2) is 61.2 Å². The topological polar surface area (TPSA) is 128 Å². The number of amides is 1. The van der Waals surface area contributed by atoms with Crippen molar-refractivity contribution in [3.63, 3.8) is 0 Å². The van der Waals surface area contributed by atoms with Gasteiger partial charge in [0.15, 0.2) is 23.2 Å². The summed E-state index contributed by atoms with van der Waals surface area (Å²) >= 11 is 1.59. The molecule has 15 heteroatoms. The zero-order chi connectivity index (χ0) is 38.4. The zero-order valence-electron chi connectivity index (χ0n) is 32.6. The minimum Gasteiger partial charge on any atom is -0.448 e. The fourth-order valence-electron chi connectivity index (χ4n) is 8.53. The number of aromatic nitrogens is 4. The number of thioether (sulfide) groups is 1. The molecule has 0 saturated carbocycles. The summed E-state index contributed by atoms with van der Waals surface area (Å²) in [7, 11) is -5.72. The third kappa shape index (κ3) is 6.84. The first-order valence-corrected chi connectivity index (χ1v) is 24.3. The lowest BCUT2D eigenvalue weighted by Gasteiger charge is -2.51. The van der Waals surface area contributed by atoms with Gasteiger partial charge in [-0.25, -0.2) is 19.7 Å². The summed E-state index contributed by atoms with van der Waals surface area (Å²) < 4.78 is 43.0. The third-order valence-electron chi connectivity index (χ3n) is 11.2. The monoisotopic (exact) mass is 791 g/mol. The number of hydrogen-bond acceptors (Lipinski definition) is 11. The Kier molecular flexibility index (Phi) is 11.4. The molecule has 4 heterocycles. The van der Waals surface area contributed by atoms with E-state index in [0.717, 1.165) is 22.3 Å². The van der Waals surface area contributed by atoms with Crippen LogP contribution in [0.2, 0.25) is 22.2 Å². The van der Waals surface area contributed by atoms with E-state index in [1.165, 1.54) is 6.33 Å². The average Bonchev–Trinajstić information content (AvgIpc) is 3.81. The standard InChI is InChI=1S/C39H53N5O7SSi2/c1-23(2)53(24(3)4)48-19-32-34(50-54(51-53,25(5)6)26(7)8)35(47-22-52-9)38(49-32)44-21-42-33-36(40-20-41-37(33)44)43-39(45)46-18-31-29-16-12-10-14-27(29)28-15-11-13-17-30(28)31/h10-17,20-21,23-26,31-32,34-35,38H,18-19,22H2,1-9H3,(H,40,41,43,45)/t32-,34-,35-,38-/m1/s1. The van der Waals surface area contributed by atoms with E-state index in [1.807, 2.05) is 35.1 Å². The molecule has 290 valence electrons. The van der Waals surface area contributed by atoms with Crippen LogP contribution in [0.3, 0.4) is 0 Å². The highest BCUT2D eigenvalue weighted by atomic mass is 32.2. The minimum absolute atomic E-state index is 0.0684. The quantitative estimate of drug-likeness (QED) is 0.116. The summed E-state index contributed by atoms with van der Waals surface area (Å²) in [6, 6.07) is 16.5. The molecule has 4 aromatic rings. The van der Waals surface area contributed by atoms with Gasteiger partial charge in [0.2, 0.25) is 0 Å². The van der Waals surface area contributed by atoms with Crippen molar-refractivity contribution in [3.8, 4) is 11.1 Å². The Bertz CT molecular complexity index is 1900. The van der Waals surface area contributed by atoms with Gasteiger partial charge in [0.25, 0.3) is 0 Å². The lowest BCUT2D eigenvalue weighted by Crippen LogP contribution is -2.66. The van der Waals surface area contributed by atoms with Crippen molar-refractivity contribution in [1.82, 2.24) is 19.5 Å². The van der Waals surface area contributed by atoms with Crippen LogP contribution >= 0.6 is 11.8 Å². The molecule has 4 atom stereocenters. The number of anilines is 1. The van der Waals surface area contributed by atoms with Gasteiger partial charge >= 0.3 is 23.2 Å². The predicted octanol–water partition coefficient (Wildman–Crippen LogP) is 8.75. The van der Waals surface area contributed by atoms with Crippen LogP contribution in [0.5, 0.6) is 0 Å². The lowest BCUT2D eigenvalue weighted by molar-refractivity contribution is -0.0616. The molecular formula is C39H53N5O7SSi2. The second-order valence-corrected chi connectivity index (χ2v) is 25.3. The maximum Gasteiger partial charge on any atom is 0.412 e. The molecule has 0 radical (unpaired) electrons. The molecule has 12 nitrogen and oxygen atoms in total. The molecule has 2 aromatic heterocycles. The molecule has 1 N–H and O–H groups in total. The van der Waals surface area contributed by atoms with Crippen LogP contribution in [0.4, 0.5) is 10.6 Å². The first kappa shape index (κ1) is 39.1. The van der Waals surface area contributed by atoms with E-state index < -0.39 is 47.8 Å². The van der Waals surface area contributed by atoms with Gasteiger partial charge in [-0.2, -0.15) is 0 Å². The van der Waals surface area contributed by atoms with Gasteiger partial charge < -0.3 is 27.2 Å². The number of imidazole rings is 1. The van der Waals surface area contributed by atoms with Crippen molar-refractivity contribution >= 4 is 52.0 Å². The van der Waals surface area contributed by atoms with Crippen LogP contribution in [-0.4, -0.2) is 86.5 Å². The average molecular weight is 792 g/mol. The van der Waals surface area contributed by atoms with Crippen molar-refractivity contribution in [2.24, 2.45) is 0 Å². The van der Waals surface area contributed by atoms with Crippen molar-refractivity contribution in [1.29, 1.82) is 0 Å². The van der Waals surface area contributed by atoms with E-state index in [1.54, 1.807) is 18.1 Å². The lowest BCUT2D eigenvalue weighted by atomic mass is 9.98. The second kappa shape index (κ2) is 15.8. The van der Waals surface area contributed by atoms with Gasteiger partial charge in [-0.3, -0.25) is 9.88 Å². The Morgan fingerprint density at radius 2 is 1.54 bits per heavy atom. The van der Waals surface area contributed by atoms with E-state index in [2.05, 4.69) is 99.9 Å². The molecule has 1 aliphatic carbocycles. The van der Waals surface area contributed by atoms with Gasteiger partial charge in [0.1, 0.15) is 31.2 Å². The summed E-state index contributed by atoms with van der Waals surface area (Å²) in [5.74, 6) is 0.607. The Balaban J connectivity index is 1.16. The van der Waals surface area contributed by atoms with Crippen molar-refractivity contribution in [3.05, 3.63) is 72.3 Å². The fraction of sp³-hybridized carbons (Fsp3) is 0.538. The maximum atomic E-state index is 13.3. The number of rotatable bonds is 11. The third-order valence-corrected chi connectivity index (χ3v) is 21.8. The highest BCUT2D eigenvalue weighted by molar-refractivity contribution is 7.98. The molecule has 0 bridgehead atoms. The van der Waals surface area contributed by atoms with E-state index in [-0.39, 0.29) is 40.5 Å². The Morgan fingerprint density at radius 3 is 2.15 bits per heavy atom. The Hall–Kier alpha value is -3.16. The number of benzene rings is 2. The first-order chi connectivity index (χ1) is 25.9. The van der Waals surface area contributed by atoms with Crippen molar-refractivity contribution in [2.45, 2.75) is 108 Å². The molecule has 0 spiro atoms. The van der Waals surface area contributed by atoms with Crippen LogP contribution in [0.1, 0.15) is 78.7 Å². The normalized spacial score (nSPS) is 23.4. The van der Waals surface area contributed by atoms with Gasteiger partial charge in [-0.15, -0.1) is 11.8 Å². The highest BCUT2D eigenvalue weighted by Gasteiger charge is 2.62. The predicted molar refractivity (Wildman–Crippen MR) is 215 cm³/mol. The number of nitrogens with zero attached hydrogens (tertiary/aromatic N) is 4. The highest BCUT2D eigenvalue weighted by Crippen LogP contribution is 2.49. The van der Waals surface area contributed by atoms with Gasteiger partial charge in [-0.1, -0.05) is 104 Å². The molecule has 1 amide bonds. The molecule has 2 aliphatic heterocycles. The largest absolute Gasteiger partial charge is 0.448 e. The van der Waals surface area contributed by atoms with Crippen LogP contribution in [0.25, 0.3) is 22.3 Å². The molecule has 3 aliphatic rings. The number of ether oxygens (including phenoxy) is 3. The van der Waals surface area contributed by atoms with Crippen LogP contribution in [-0.2, 0) is 27.2 Å². The molecule has 2 saturated heterocycles. The van der Waals surface area contributed by atoms with Crippen LogP contribution < -0.4 is 5.32 Å². The molecule has 0 unspecified atom stereocenters. The van der Waals surface area contributed by atoms with Gasteiger partial charge in [0, 0.05) is 5.92 Å². The van der Waals surface area contributed by atoms with Gasteiger partial charge in [0.05, 0.1) is 18.9 Å². The maximum absolute atomic E-state index is 13.3. The summed E-state index contributed by atoms with van der Waals surface area (Å²) in [6.45, 7) is 18.2. The van der Waals surface area contributed by atoms with Crippen molar-refractivity contribution < 1.29 is 32.0 Å². The molecule has 54 heavy (non-hydrogen) atoms. The summed E-state index contributed by atoms with van der Waals surface area (Å²) in [5.41, 5.74) is 6.21. The number of carbonyl (C=O) groups excluding carboxylic acids is 1. The van der Waals surface area contributed by atoms with E-state index >= 15 is 0 Å². The summed E-state index contributed by atoms with van der Waals surface area (Å²) in [6.07, 6.45) is 2.41. The van der Waals surface area contributed by atoms with Crippen molar-refractivity contribution in [2.75, 3.05) is 30.7 Å². The zero-order valence-corrected chi connectivity index (χ0v) is 35.5. The second-order valence-electron chi connectivity index (χ2n) is 15.7. The van der Waals surface area contributed by atoms with E-state index in [4.69, 9.17) is 27.2 Å². The molecule has 2 fully saturated rings.